The predicted octanol–water partition coefficient (Wildman–Crippen LogP) is 4.78. The van der Waals surface area contributed by atoms with Crippen LogP contribution >= 0.6 is 11.6 Å². The van der Waals surface area contributed by atoms with Crippen LogP contribution in [0.25, 0.3) is 10.9 Å². The highest BCUT2D eigenvalue weighted by Gasteiger charge is 2.21. The number of pyridine rings is 2. The first-order valence-electron chi connectivity index (χ1n) is 10.4. The van der Waals surface area contributed by atoms with Gasteiger partial charge in [0.25, 0.3) is 0 Å². The third-order valence-corrected chi connectivity index (χ3v) is 5.66. The quantitative estimate of drug-likeness (QED) is 0.246. The summed E-state index contributed by atoms with van der Waals surface area (Å²) >= 11 is 6.58. The summed E-state index contributed by atoms with van der Waals surface area (Å²) in [6.45, 7) is 0. The summed E-state index contributed by atoms with van der Waals surface area (Å²) in [5.41, 5.74) is 12.4. The Balaban J connectivity index is 1.60. The molecule has 0 saturated heterocycles. The lowest BCUT2D eigenvalue weighted by Gasteiger charge is -2.22. The van der Waals surface area contributed by atoms with Gasteiger partial charge in [-0.05, 0) is 17.7 Å². The molecule has 0 radical (unpaired) electrons. The van der Waals surface area contributed by atoms with E-state index in [1.54, 1.807) is 18.3 Å². The number of hydrazine groups is 2. The van der Waals surface area contributed by atoms with Gasteiger partial charge in [-0.1, -0.05) is 41.9 Å². The topological polar surface area (TPSA) is 110 Å². The molecule has 35 heavy (non-hydrogen) atoms. The Morgan fingerprint density at radius 3 is 2.57 bits per heavy atom. The second-order valence-electron chi connectivity index (χ2n) is 7.62. The van der Waals surface area contributed by atoms with Gasteiger partial charge >= 0.3 is 0 Å². The first-order valence-corrected chi connectivity index (χ1v) is 10.8. The van der Waals surface area contributed by atoms with Crippen LogP contribution < -0.4 is 27.0 Å². The van der Waals surface area contributed by atoms with Gasteiger partial charge in [0.15, 0.2) is 5.82 Å². The van der Waals surface area contributed by atoms with E-state index in [-0.39, 0.29) is 17.3 Å². The number of nitrogens with one attached hydrogen (secondary N) is 5. The van der Waals surface area contributed by atoms with Crippen molar-refractivity contribution in [1.82, 2.24) is 26.4 Å². The van der Waals surface area contributed by atoms with Crippen LogP contribution in [0, 0.1) is 23.1 Å². The highest BCUT2D eigenvalue weighted by Crippen LogP contribution is 2.36. The van der Waals surface area contributed by atoms with E-state index in [1.807, 2.05) is 30.3 Å². The van der Waals surface area contributed by atoms with Crippen molar-refractivity contribution in [2.75, 3.05) is 10.6 Å². The van der Waals surface area contributed by atoms with E-state index in [9.17, 15) is 14.0 Å². The van der Waals surface area contributed by atoms with Crippen LogP contribution in [0.15, 0.2) is 72.8 Å². The molecule has 2 aromatic carbocycles. The minimum Gasteiger partial charge on any atom is -0.373 e. The predicted molar refractivity (Wildman–Crippen MR) is 129 cm³/mol. The molecule has 0 fully saturated rings. The molecular formula is C24H17ClF2N8. The molecule has 174 valence electrons. The molecule has 0 spiro atoms. The summed E-state index contributed by atoms with van der Waals surface area (Å²) in [4.78, 5) is 7.72. The average molecular weight is 491 g/mol. The highest BCUT2D eigenvalue weighted by molar-refractivity contribution is 6.36. The number of nitrogens with zero attached hydrogens (tertiary/aromatic N) is 3. The normalized spacial score (nSPS) is 13.4. The number of nitriles is 1. The fourth-order valence-electron chi connectivity index (χ4n) is 3.76. The lowest BCUT2D eigenvalue weighted by molar-refractivity contribution is 0.480. The Labute approximate surface area is 203 Å². The molecule has 8 nitrogen and oxygen atoms in total. The standard InChI is InChI=1S/C24H17ClF2N8/c25-18-7-15(32-22(20-12-31-35-34-20)13-4-2-1-3-5-13)6-17-21(14(9-28)10-29-23(17)18)33-16-8-19(26)24(27)30-11-16/h1-8,10-12,22,31-32,34-35H,(H,29,33)/t22-/m0/s1. The zero-order valence-corrected chi connectivity index (χ0v) is 18.7. The number of aromatic nitrogens is 2. The number of hydrogen-bond acceptors (Lipinski definition) is 8. The first kappa shape index (κ1) is 22.3. The Bertz CT molecular complexity index is 1490. The Kier molecular flexibility index (Phi) is 6.01. The minimum absolute atomic E-state index is 0.169. The maximum Gasteiger partial charge on any atom is 0.249 e. The molecular weight excluding hydrogens is 474 g/mol. The van der Waals surface area contributed by atoms with E-state index < -0.39 is 11.8 Å². The Morgan fingerprint density at radius 2 is 1.86 bits per heavy atom. The van der Waals surface area contributed by atoms with Gasteiger partial charge in [0.1, 0.15) is 6.07 Å². The molecule has 0 bridgehead atoms. The number of anilines is 3. The summed E-state index contributed by atoms with van der Waals surface area (Å²) in [6.07, 6.45) is 4.30. The van der Waals surface area contributed by atoms with Crippen molar-refractivity contribution in [3.8, 4) is 6.07 Å². The Hall–Kier alpha value is -4.46. The minimum atomic E-state index is -1.21. The molecule has 1 aliphatic rings. The van der Waals surface area contributed by atoms with Crippen molar-refractivity contribution in [3.05, 3.63) is 101 Å². The summed E-state index contributed by atoms with van der Waals surface area (Å²) in [6, 6.07) is 16.1. The lowest BCUT2D eigenvalue weighted by Crippen LogP contribution is -2.33. The van der Waals surface area contributed by atoms with Gasteiger partial charge in [-0.25, -0.2) is 9.37 Å². The zero-order chi connectivity index (χ0) is 24.4. The second kappa shape index (κ2) is 9.42. The zero-order valence-electron chi connectivity index (χ0n) is 17.9. The molecule has 4 aromatic rings. The fourth-order valence-corrected chi connectivity index (χ4v) is 4.03. The van der Waals surface area contributed by atoms with Crippen molar-refractivity contribution in [1.29, 1.82) is 5.26 Å². The van der Waals surface area contributed by atoms with Gasteiger partial charge in [0, 0.05) is 29.5 Å². The fraction of sp³-hybridized carbons (Fsp3) is 0.0417. The lowest BCUT2D eigenvalue weighted by atomic mass is 10.0. The van der Waals surface area contributed by atoms with E-state index in [4.69, 9.17) is 11.6 Å². The van der Waals surface area contributed by atoms with Gasteiger partial charge in [0.05, 0.1) is 45.4 Å². The molecule has 0 unspecified atom stereocenters. The Morgan fingerprint density at radius 1 is 1.03 bits per heavy atom. The number of halogens is 3. The monoisotopic (exact) mass is 490 g/mol. The number of rotatable bonds is 6. The van der Waals surface area contributed by atoms with Crippen LogP contribution in [-0.2, 0) is 0 Å². The SMILES string of the molecule is N#Cc1cnc2c(Cl)cc(N[C@H](C3=CNNN3)c3ccccc3)cc2c1Nc1cnc(F)c(F)c1. The maximum absolute atomic E-state index is 13.8. The molecule has 1 atom stereocenters. The molecule has 11 heteroatoms. The molecule has 5 rings (SSSR count). The molecule has 0 amide bonds. The number of benzene rings is 2. The molecule has 2 aromatic heterocycles. The van der Waals surface area contributed by atoms with Crippen LogP contribution in [-0.4, -0.2) is 9.97 Å². The molecule has 0 aliphatic carbocycles. The van der Waals surface area contributed by atoms with Gasteiger partial charge in [-0.3, -0.25) is 4.98 Å². The largest absolute Gasteiger partial charge is 0.373 e. The first-order chi connectivity index (χ1) is 17.0. The van der Waals surface area contributed by atoms with Crippen molar-refractivity contribution >= 4 is 39.6 Å². The number of fused-ring (bicyclic) bond motifs is 1. The third kappa shape index (κ3) is 4.50. The van der Waals surface area contributed by atoms with E-state index in [0.29, 0.717) is 27.3 Å². The van der Waals surface area contributed by atoms with Crippen LogP contribution in [0.1, 0.15) is 17.2 Å². The maximum atomic E-state index is 13.8. The van der Waals surface area contributed by atoms with Gasteiger partial charge < -0.3 is 21.5 Å². The molecule has 3 heterocycles. The third-order valence-electron chi connectivity index (χ3n) is 5.37. The van der Waals surface area contributed by atoms with Crippen LogP contribution in [0.5, 0.6) is 0 Å². The van der Waals surface area contributed by atoms with Crippen molar-refractivity contribution in [2.24, 2.45) is 0 Å². The molecule has 1 aliphatic heterocycles. The van der Waals surface area contributed by atoms with E-state index >= 15 is 0 Å². The summed E-state index contributed by atoms with van der Waals surface area (Å²) in [7, 11) is 0. The van der Waals surface area contributed by atoms with Crippen molar-refractivity contribution in [3.63, 3.8) is 0 Å². The number of hydrogen-bond donors (Lipinski definition) is 5. The van der Waals surface area contributed by atoms with E-state index in [0.717, 1.165) is 23.5 Å². The summed E-state index contributed by atoms with van der Waals surface area (Å²) < 4.78 is 27.1. The van der Waals surface area contributed by atoms with E-state index in [2.05, 4.69) is 43.1 Å². The average Bonchev–Trinajstić information content (AvgIpc) is 3.40. The van der Waals surface area contributed by atoms with Gasteiger partial charge in [-0.2, -0.15) is 15.2 Å². The van der Waals surface area contributed by atoms with Crippen LogP contribution in [0.4, 0.5) is 25.8 Å². The van der Waals surface area contributed by atoms with Crippen LogP contribution in [0.3, 0.4) is 0 Å². The molecule has 5 N–H and O–H groups in total. The molecule has 0 saturated carbocycles. The summed E-state index contributed by atoms with van der Waals surface area (Å²) in [5, 5.41) is 17.0. The van der Waals surface area contributed by atoms with Crippen LogP contribution in [0.2, 0.25) is 5.02 Å². The van der Waals surface area contributed by atoms with Crippen molar-refractivity contribution in [2.45, 2.75) is 6.04 Å². The van der Waals surface area contributed by atoms with Gasteiger partial charge in [-0.15, -0.1) is 0 Å². The highest BCUT2D eigenvalue weighted by atomic mass is 35.5. The smallest absolute Gasteiger partial charge is 0.249 e. The summed E-state index contributed by atoms with van der Waals surface area (Å²) in [5.74, 6) is -2.33. The van der Waals surface area contributed by atoms with E-state index in [1.165, 1.54) is 6.20 Å². The van der Waals surface area contributed by atoms with Crippen molar-refractivity contribution < 1.29 is 8.78 Å². The second-order valence-corrected chi connectivity index (χ2v) is 8.02. The van der Waals surface area contributed by atoms with Gasteiger partial charge in [0.2, 0.25) is 5.95 Å².